The summed E-state index contributed by atoms with van der Waals surface area (Å²) in [5, 5.41) is 5.78. The summed E-state index contributed by atoms with van der Waals surface area (Å²) in [6, 6.07) is 6.00. The van der Waals surface area contributed by atoms with Crippen LogP contribution in [0.3, 0.4) is 0 Å². The molecule has 1 aromatic carbocycles. The van der Waals surface area contributed by atoms with Crippen LogP contribution in [0.5, 0.6) is 0 Å². The molecule has 0 bridgehead atoms. The van der Waals surface area contributed by atoms with Crippen molar-refractivity contribution in [3.8, 4) is 0 Å². The van der Waals surface area contributed by atoms with E-state index in [0.717, 1.165) is 24.0 Å². The molecule has 0 saturated carbocycles. The van der Waals surface area contributed by atoms with Crippen LogP contribution in [0.4, 0.5) is 4.79 Å². The Kier molecular flexibility index (Phi) is 10.9. The molecule has 0 spiro atoms. The number of nitrogens with zero attached hydrogens (tertiary/aromatic N) is 1. The van der Waals surface area contributed by atoms with Gasteiger partial charge in [0.15, 0.2) is 0 Å². The van der Waals surface area contributed by atoms with E-state index in [9.17, 15) is 14.4 Å². The van der Waals surface area contributed by atoms with E-state index in [1.54, 1.807) is 25.7 Å². The van der Waals surface area contributed by atoms with Crippen molar-refractivity contribution < 1.29 is 19.1 Å². The molecule has 3 unspecified atom stereocenters. The summed E-state index contributed by atoms with van der Waals surface area (Å²) in [6.07, 6.45) is 1.14. The second-order valence-corrected chi connectivity index (χ2v) is 10.0. The van der Waals surface area contributed by atoms with Crippen LogP contribution in [0.1, 0.15) is 85.4 Å². The highest BCUT2D eigenvalue weighted by Gasteiger charge is 2.37. The number of amides is 3. The van der Waals surface area contributed by atoms with Crippen LogP contribution >= 0.6 is 0 Å². The first-order valence-corrected chi connectivity index (χ1v) is 12.0. The van der Waals surface area contributed by atoms with Gasteiger partial charge < -0.3 is 20.3 Å². The van der Waals surface area contributed by atoms with Gasteiger partial charge >= 0.3 is 6.09 Å². The number of likely N-dealkylation sites (N-methyl/N-ethyl adjacent to an activating group) is 1. The van der Waals surface area contributed by atoms with Gasteiger partial charge in [0.1, 0.15) is 17.7 Å². The molecule has 186 valence electrons. The predicted molar refractivity (Wildman–Crippen MR) is 132 cm³/mol. The molecule has 2 N–H and O–H groups in total. The normalized spacial score (nSPS) is 14.2. The van der Waals surface area contributed by atoms with Crippen LogP contribution in [0.15, 0.2) is 24.3 Å². The predicted octanol–water partition coefficient (Wildman–Crippen LogP) is 4.74. The molecule has 3 amide bonds. The van der Waals surface area contributed by atoms with Gasteiger partial charge in [0, 0.05) is 12.6 Å². The zero-order chi connectivity index (χ0) is 25.3. The van der Waals surface area contributed by atoms with Gasteiger partial charge in [0.2, 0.25) is 11.8 Å². The topological polar surface area (TPSA) is 87.7 Å². The number of nitrogens with one attached hydrogen (secondary N) is 2. The lowest BCUT2D eigenvalue weighted by Crippen LogP contribution is -2.55. The third-order valence-corrected chi connectivity index (χ3v) is 5.26. The smallest absolute Gasteiger partial charge is 0.408 e. The molecule has 0 aliphatic carbocycles. The number of aryl methyl sites for hydroxylation is 1. The molecule has 0 aromatic heterocycles. The Labute approximate surface area is 199 Å². The van der Waals surface area contributed by atoms with Crippen molar-refractivity contribution in [2.24, 2.45) is 5.92 Å². The van der Waals surface area contributed by atoms with Crippen LogP contribution < -0.4 is 10.6 Å². The molecule has 7 heteroatoms. The molecule has 1 rings (SSSR count). The van der Waals surface area contributed by atoms with Gasteiger partial charge in [-0.2, -0.15) is 0 Å². The van der Waals surface area contributed by atoms with Gasteiger partial charge in [-0.15, -0.1) is 0 Å². The Morgan fingerprint density at radius 3 is 2.18 bits per heavy atom. The minimum Gasteiger partial charge on any atom is -0.444 e. The Bertz CT molecular complexity index is 801. The monoisotopic (exact) mass is 461 g/mol. The van der Waals surface area contributed by atoms with Gasteiger partial charge in [-0.25, -0.2) is 4.79 Å². The van der Waals surface area contributed by atoms with Crippen molar-refractivity contribution in [3.63, 3.8) is 0 Å². The minimum absolute atomic E-state index is 0.00981. The zero-order valence-electron chi connectivity index (χ0n) is 21.8. The SMILES string of the molecule is CCCC(C)NC(=O)C(c1cccc(C)c1)N(CC)C(=O)C(NC(=O)OC(C)(C)C)C(C)C. The van der Waals surface area contributed by atoms with Gasteiger partial charge in [-0.3, -0.25) is 9.59 Å². The maximum atomic E-state index is 13.7. The van der Waals surface area contributed by atoms with Crippen molar-refractivity contribution in [3.05, 3.63) is 35.4 Å². The molecule has 0 aliphatic rings. The lowest BCUT2D eigenvalue weighted by molar-refractivity contribution is -0.143. The first-order valence-electron chi connectivity index (χ1n) is 12.0. The molecular weight excluding hydrogens is 418 g/mol. The molecule has 33 heavy (non-hydrogen) atoms. The molecule has 0 heterocycles. The summed E-state index contributed by atoms with van der Waals surface area (Å²) in [4.78, 5) is 41.1. The maximum Gasteiger partial charge on any atom is 0.408 e. The Morgan fingerprint density at radius 2 is 1.70 bits per heavy atom. The fourth-order valence-corrected chi connectivity index (χ4v) is 3.73. The van der Waals surface area contributed by atoms with E-state index in [4.69, 9.17) is 4.74 Å². The lowest BCUT2D eigenvalue weighted by Gasteiger charge is -2.35. The summed E-state index contributed by atoms with van der Waals surface area (Å²) in [5.74, 6) is -0.737. The number of hydrogen-bond donors (Lipinski definition) is 2. The molecule has 1 aromatic rings. The largest absolute Gasteiger partial charge is 0.444 e. The van der Waals surface area contributed by atoms with E-state index in [-0.39, 0.29) is 23.8 Å². The van der Waals surface area contributed by atoms with Crippen LogP contribution in [0, 0.1) is 12.8 Å². The Hall–Kier alpha value is -2.57. The molecule has 0 fully saturated rings. The molecule has 0 radical (unpaired) electrons. The summed E-state index contributed by atoms with van der Waals surface area (Å²) in [7, 11) is 0. The Balaban J connectivity index is 3.32. The standard InChI is InChI=1S/C26H43N3O4/c1-10-13-19(6)27-23(30)22(20-15-12-14-18(5)16-20)29(11-2)24(31)21(17(3)4)28-25(32)33-26(7,8)9/h12,14-17,19,21-22H,10-11,13H2,1-9H3,(H,27,30)(H,28,32). The number of alkyl carbamates (subject to hydrolysis) is 1. The first kappa shape index (κ1) is 28.5. The quantitative estimate of drug-likeness (QED) is 0.527. The number of rotatable bonds is 10. The fourth-order valence-electron chi connectivity index (χ4n) is 3.73. The van der Waals surface area contributed by atoms with Crippen LogP contribution in [0.25, 0.3) is 0 Å². The summed E-state index contributed by atoms with van der Waals surface area (Å²) in [6.45, 7) is 17.2. The van der Waals surface area contributed by atoms with E-state index in [0.29, 0.717) is 6.54 Å². The molecule has 3 atom stereocenters. The van der Waals surface area contributed by atoms with E-state index < -0.39 is 23.8 Å². The van der Waals surface area contributed by atoms with E-state index in [1.165, 1.54) is 0 Å². The first-order chi connectivity index (χ1) is 15.3. The summed E-state index contributed by atoms with van der Waals surface area (Å²) >= 11 is 0. The minimum atomic E-state index is -0.826. The molecular formula is C26H43N3O4. The fraction of sp³-hybridized carbons (Fsp3) is 0.654. The van der Waals surface area contributed by atoms with Crippen LogP contribution in [-0.2, 0) is 14.3 Å². The summed E-state index contributed by atoms with van der Waals surface area (Å²) < 4.78 is 5.37. The number of ether oxygens (including phenoxy) is 1. The van der Waals surface area contributed by atoms with E-state index in [2.05, 4.69) is 17.6 Å². The second-order valence-electron chi connectivity index (χ2n) is 10.0. The average molecular weight is 462 g/mol. The highest BCUT2D eigenvalue weighted by atomic mass is 16.6. The van der Waals surface area contributed by atoms with Crippen molar-refractivity contribution in [2.45, 2.75) is 98.9 Å². The summed E-state index contributed by atoms with van der Waals surface area (Å²) in [5.41, 5.74) is 1.06. The van der Waals surface area contributed by atoms with Crippen molar-refractivity contribution in [2.75, 3.05) is 6.54 Å². The number of hydrogen-bond acceptors (Lipinski definition) is 4. The third kappa shape index (κ3) is 9.06. The molecule has 0 saturated heterocycles. The van der Waals surface area contributed by atoms with Crippen molar-refractivity contribution in [1.29, 1.82) is 0 Å². The van der Waals surface area contributed by atoms with E-state index >= 15 is 0 Å². The van der Waals surface area contributed by atoms with Crippen LogP contribution in [-0.4, -0.2) is 47.0 Å². The second kappa shape index (κ2) is 12.6. The van der Waals surface area contributed by atoms with Crippen molar-refractivity contribution in [1.82, 2.24) is 15.5 Å². The van der Waals surface area contributed by atoms with Crippen LogP contribution in [0.2, 0.25) is 0 Å². The van der Waals surface area contributed by atoms with Gasteiger partial charge in [0.05, 0.1) is 0 Å². The highest BCUT2D eigenvalue weighted by Crippen LogP contribution is 2.25. The lowest BCUT2D eigenvalue weighted by atomic mass is 9.97. The Morgan fingerprint density at radius 1 is 1.06 bits per heavy atom. The number of benzene rings is 1. The molecule has 7 nitrogen and oxygen atoms in total. The number of carbonyl (C=O) groups is 3. The average Bonchev–Trinajstić information content (AvgIpc) is 2.68. The maximum absolute atomic E-state index is 13.7. The van der Waals surface area contributed by atoms with Gasteiger partial charge in [0.25, 0.3) is 0 Å². The molecule has 0 aliphatic heterocycles. The highest BCUT2D eigenvalue weighted by molar-refractivity contribution is 5.92. The van der Waals surface area contributed by atoms with Gasteiger partial charge in [-0.05, 0) is 59.4 Å². The van der Waals surface area contributed by atoms with Crippen molar-refractivity contribution >= 4 is 17.9 Å². The van der Waals surface area contributed by atoms with E-state index in [1.807, 2.05) is 58.9 Å². The zero-order valence-corrected chi connectivity index (χ0v) is 21.8. The number of carbonyl (C=O) groups excluding carboxylic acids is 3. The van der Waals surface area contributed by atoms with Gasteiger partial charge in [-0.1, -0.05) is 57.0 Å². The third-order valence-electron chi connectivity index (χ3n) is 5.26.